The van der Waals surface area contributed by atoms with Gasteiger partial charge >= 0.3 is 0 Å². The fourth-order valence-corrected chi connectivity index (χ4v) is 8.73. The zero-order valence-electron chi connectivity index (χ0n) is 33.4. The predicted octanol–water partition coefficient (Wildman–Crippen LogP) is 6.75. The molecule has 1 aromatic heterocycles. The molecule has 0 spiro atoms. The molecule has 13 nitrogen and oxygen atoms in total. The lowest BCUT2D eigenvalue weighted by Gasteiger charge is -2.33. The number of fused-ring (bicyclic) bond motifs is 1. The number of hydrogen-bond donors (Lipinski definition) is 1. The number of piperidine rings is 1. The molecule has 7 rings (SSSR count). The summed E-state index contributed by atoms with van der Waals surface area (Å²) in [6.07, 6.45) is 5.90. The molecule has 1 aliphatic carbocycles. The van der Waals surface area contributed by atoms with Gasteiger partial charge in [-0.15, -0.1) is 0 Å². The number of likely N-dealkylation sites (tertiary alicyclic amines) is 1. The number of anilines is 1. The third-order valence-electron chi connectivity index (χ3n) is 11.4. The Morgan fingerprint density at radius 2 is 1.73 bits per heavy atom. The second-order valence-corrected chi connectivity index (χ2v) is 18.2. The Hall–Kier alpha value is -5.36. The van der Waals surface area contributed by atoms with Gasteiger partial charge in [-0.25, -0.2) is 18.4 Å². The molecule has 2 aliphatic heterocycles. The lowest BCUT2D eigenvalue weighted by atomic mass is 9.77. The number of carbonyl (C=O) groups excluding carboxylic acids is 3. The van der Waals surface area contributed by atoms with Crippen molar-refractivity contribution in [2.24, 2.45) is 0 Å². The van der Waals surface area contributed by atoms with E-state index in [1.807, 2.05) is 48.5 Å². The van der Waals surface area contributed by atoms with Gasteiger partial charge in [0.25, 0.3) is 5.91 Å². The molecule has 308 valence electrons. The zero-order valence-corrected chi connectivity index (χ0v) is 34.9. The van der Waals surface area contributed by atoms with Crippen LogP contribution in [0.3, 0.4) is 0 Å². The van der Waals surface area contributed by atoms with Gasteiger partial charge in [-0.3, -0.25) is 24.0 Å². The van der Waals surface area contributed by atoms with Crippen LogP contribution in [0.5, 0.6) is 11.5 Å². The number of nitrogens with one attached hydrogen (secondary N) is 1. The Morgan fingerprint density at radius 1 is 0.966 bits per heavy atom. The van der Waals surface area contributed by atoms with E-state index in [1.54, 1.807) is 11.0 Å². The van der Waals surface area contributed by atoms with E-state index < -0.39 is 21.5 Å². The molecular weight excluding hydrogens is 792 g/mol. The van der Waals surface area contributed by atoms with E-state index in [1.165, 1.54) is 6.20 Å². The molecule has 1 unspecified atom stereocenters. The van der Waals surface area contributed by atoms with Gasteiger partial charge < -0.3 is 14.4 Å². The third kappa shape index (κ3) is 9.92. The van der Waals surface area contributed by atoms with Crippen LogP contribution in [0.4, 0.5) is 5.95 Å². The van der Waals surface area contributed by atoms with Crippen molar-refractivity contribution in [2.45, 2.75) is 96.1 Å². The minimum atomic E-state index is -3.51. The summed E-state index contributed by atoms with van der Waals surface area (Å²) in [5.74, 6) is 1.02. The number of sulfonamides is 1. The number of hydrogen-bond acceptors (Lipinski definition) is 11. The van der Waals surface area contributed by atoms with Crippen LogP contribution < -0.4 is 14.2 Å². The number of halogens is 1. The standard InChI is InChI=1S/C44H47ClN6O7S/c1-44(2,31-8-11-35(12-9-31)57-27-33-15-18-47-43(48-33)49-59(3,55)56)32-22-29(24-46)41(38(45)23-32)58-36-16-19-50(20-17-36)25-28-7-13-37-30(21-28)26-51(42(37)54)39-14-10-34(52)5-4-6-40(39)53/h7-9,11-13,15,18,21-23,36,39H,4-6,10,14,16-17,19-20,25-27H2,1-3H3,(H,47,48,49). The number of ketones is 2. The van der Waals surface area contributed by atoms with Crippen LogP contribution in [0.25, 0.3) is 0 Å². The van der Waals surface area contributed by atoms with Crippen molar-refractivity contribution >= 4 is 45.0 Å². The van der Waals surface area contributed by atoms with Crippen molar-refractivity contribution in [1.82, 2.24) is 19.8 Å². The number of benzene rings is 3. The molecule has 2 fully saturated rings. The Bertz CT molecular complexity index is 2410. The van der Waals surface area contributed by atoms with Crippen molar-refractivity contribution in [3.8, 4) is 17.6 Å². The molecule has 4 aromatic rings. The van der Waals surface area contributed by atoms with E-state index in [9.17, 15) is 28.1 Å². The molecule has 1 N–H and O–H groups in total. The molecule has 1 saturated heterocycles. The lowest BCUT2D eigenvalue weighted by Crippen LogP contribution is -2.42. The van der Waals surface area contributed by atoms with E-state index in [0.29, 0.717) is 78.5 Å². The minimum Gasteiger partial charge on any atom is -0.487 e. The molecule has 0 bridgehead atoms. The molecule has 1 saturated carbocycles. The normalized spacial score (nSPS) is 18.2. The monoisotopic (exact) mass is 838 g/mol. The third-order valence-corrected chi connectivity index (χ3v) is 12.2. The number of rotatable bonds is 12. The van der Waals surface area contributed by atoms with E-state index in [4.69, 9.17) is 21.1 Å². The van der Waals surface area contributed by atoms with Crippen LogP contribution in [0, 0.1) is 11.3 Å². The number of nitrogens with zero attached hydrogens (tertiary/aromatic N) is 5. The van der Waals surface area contributed by atoms with Crippen LogP contribution in [0.2, 0.25) is 5.02 Å². The topological polar surface area (TPSA) is 172 Å². The molecule has 3 heterocycles. The highest BCUT2D eigenvalue weighted by atomic mass is 35.5. The quantitative estimate of drug-likeness (QED) is 0.160. The van der Waals surface area contributed by atoms with Gasteiger partial charge in [-0.05, 0) is 84.3 Å². The summed E-state index contributed by atoms with van der Waals surface area (Å²) in [6.45, 7) is 6.87. The van der Waals surface area contributed by atoms with Gasteiger partial charge in [0, 0.05) is 62.6 Å². The molecule has 15 heteroatoms. The van der Waals surface area contributed by atoms with Crippen LogP contribution >= 0.6 is 11.6 Å². The molecule has 1 atom stereocenters. The maximum Gasteiger partial charge on any atom is 0.255 e. The van der Waals surface area contributed by atoms with Crippen molar-refractivity contribution in [2.75, 3.05) is 24.1 Å². The minimum absolute atomic E-state index is 0.0258. The molecular formula is C44H47ClN6O7S. The van der Waals surface area contributed by atoms with E-state index >= 15 is 0 Å². The fourth-order valence-electron chi connectivity index (χ4n) is 8.04. The van der Waals surface area contributed by atoms with Gasteiger partial charge in [0.1, 0.15) is 30.3 Å². The first kappa shape index (κ1) is 41.8. The van der Waals surface area contributed by atoms with Gasteiger partial charge in [-0.1, -0.05) is 49.7 Å². The number of aromatic nitrogens is 2. The summed E-state index contributed by atoms with van der Waals surface area (Å²) in [4.78, 5) is 50.5. The SMILES string of the molecule is CC(C)(c1ccc(OCc2ccnc(NS(C)(=O)=O)n2)cc1)c1cc(Cl)c(OC2CCN(Cc3ccc4c(c3)CN(C3CCC(=O)CCCC3=O)C4=O)CC2)c(C#N)c1. The van der Waals surface area contributed by atoms with Gasteiger partial charge in [0.2, 0.25) is 16.0 Å². The first-order chi connectivity index (χ1) is 28.2. The van der Waals surface area contributed by atoms with E-state index in [0.717, 1.165) is 54.4 Å². The van der Waals surface area contributed by atoms with Gasteiger partial charge in [-0.2, -0.15) is 5.26 Å². The van der Waals surface area contributed by atoms with Crippen molar-refractivity contribution in [3.63, 3.8) is 0 Å². The van der Waals surface area contributed by atoms with E-state index in [2.05, 4.69) is 45.6 Å². The van der Waals surface area contributed by atoms with Crippen molar-refractivity contribution in [1.29, 1.82) is 5.26 Å². The average Bonchev–Trinajstić information content (AvgIpc) is 3.52. The number of nitriles is 1. The number of amides is 1. The summed E-state index contributed by atoms with van der Waals surface area (Å²) in [6, 6.07) is 20.6. The fraction of sp³-hybridized carbons (Fsp3) is 0.409. The van der Waals surface area contributed by atoms with Crippen LogP contribution in [0.15, 0.2) is 66.9 Å². The Balaban J connectivity index is 0.935. The maximum atomic E-state index is 13.3. The smallest absolute Gasteiger partial charge is 0.255 e. The molecule has 0 radical (unpaired) electrons. The molecule has 3 aromatic carbocycles. The zero-order chi connectivity index (χ0) is 41.9. The first-order valence-corrected chi connectivity index (χ1v) is 22.1. The van der Waals surface area contributed by atoms with Crippen molar-refractivity contribution in [3.05, 3.63) is 111 Å². The Labute approximate surface area is 349 Å². The highest BCUT2D eigenvalue weighted by molar-refractivity contribution is 7.92. The number of ether oxygens (including phenoxy) is 2. The number of carbonyl (C=O) groups is 3. The molecule has 1 amide bonds. The summed E-state index contributed by atoms with van der Waals surface area (Å²) in [5, 5.41) is 10.6. The maximum absolute atomic E-state index is 13.3. The lowest BCUT2D eigenvalue weighted by molar-refractivity contribution is -0.126. The largest absolute Gasteiger partial charge is 0.487 e. The highest BCUT2D eigenvalue weighted by Crippen LogP contribution is 2.40. The predicted molar refractivity (Wildman–Crippen MR) is 222 cm³/mol. The first-order valence-electron chi connectivity index (χ1n) is 19.8. The summed E-state index contributed by atoms with van der Waals surface area (Å²) < 4.78 is 37.7. The van der Waals surface area contributed by atoms with Crippen molar-refractivity contribution < 1.29 is 32.3 Å². The van der Waals surface area contributed by atoms with Crippen LogP contribution in [0.1, 0.15) is 103 Å². The Kier molecular flexibility index (Phi) is 12.4. The van der Waals surface area contributed by atoms with Crippen LogP contribution in [-0.2, 0) is 44.7 Å². The summed E-state index contributed by atoms with van der Waals surface area (Å²) in [7, 11) is -3.51. The Morgan fingerprint density at radius 3 is 2.46 bits per heavy atom. The van der Waals surface area contributed by atoms with E-state index in [-0.39, 0.29) is 36.1 Å². The average molecular weight is 839 g/mol. The second-order valence-electron chi connectivity index (χ2n) is 16.1. The summed E-state index contributed by atoms with van der Waals surface area (Å²) >= 11 is 6.86. The molecule has 59 heavy (non-hydrogen) atoms. The summed E-state index contributed by atoms with van der Waals surface area (Å²) in [5.41, 5.74) is 4.82. The van der Waals surface area contributed by atoms with Gasteiger partial charge in [0.05, 0.1) is 28.6 Å². The van der Waals surface area contributed by atoms with Crippen LogP contribution in [-0.4, -0.2) is 77.2 Å². The second kappa shape index (κ2) is 17.5. The van der Waals surface area contributed by atoms with Gasteiger partial charge in [0.15, 0.2) is 11.5 Å². The highest BCUT2D eigenvalue weighted by Gasteiger charge is 2.37. The number of Topliss-reactive ketones (excluding diaryl/α,β-unsaturated/α-hetero) is 2. The molecule has 3 aliphatic rings.